The number of rotatable bonds is 19. The van der Waals surface area contributed by atoms with E-state index in [9.17, 15) is 9.59 Å². The second-order valence-corrected chi connectivity index (χ2v) is 8.56. The number of ether oxygens (including phenoxy) is 1. The molecule has 1 aliphatic heterocycles. The Morgan fingerprint density at radius 3 is 1.79 bits per heavy atom. The summed E-state index contributed by atoms with van der Waals surface area (Å²) in [6.45, 7) is 2.28. The molecule has 1 amide bonds. The van der Waals surface area contributed by atoms with Crippen molar-refractivity contribution in [3.05, 3.63) is 12.3 Å². The molecule has 1 atom stereocenters. The number of nitrogens with one attached hydrogen (secondary N) is 1. The number of amides is 1. The molecule has 0 aliphatic carbocycles. The van der Waals surface area contributed by atoms with E-state index in [4.69, 9.17) is 4.74 Å². The molecule has 168 valence electrons. The molecule has 1 heterocycles. The van der Waals surface area contributed by atoms with Crippen LogP contribution in [0.4, 0.5) is 0 Å². The average molecular weight is 408 g/mol. The van der Waals surface area contributed by atoms with Crippen LogP contribution < -0.4 is 5.32 Å². The highest BCUT2D eigenvalue weighted by molar-refractivity contribution is 5.88. The molecule has 0 aromatic carbocycles. The van der Waals surface area contributed by atoms with Gasteiger partial charge in [-0.25, -0.2) is 4.79 Å². The number of carbonyl (C=O) groups excluding carboxylic acids is 2. The zero-order chi connectivity index (χ0) is 21.0. The van der Waals surface area contributed by atoms with Crippen LogP contribution in [0.15, 0.2) is 12.3 Å². The lowest BCUT2D eigenvalue weighted by Gasteiger charge is -2.06. The van der Waals surface area contributed by atoms with Crippen molar-refractivity contribution in [1.29, 1.82) is 0 Å². The lowest BCUT2D eigenvalue weighted by Crippen LogP contribution is -2.33. The molecule has 0 bridgehead atoms. The maximum atomic E-state index is 11.7. The van der Waals surface area contributed by atoms with Gasteiger partial charge in [-0.2, -0.15) is 0 Å². The van der Waals surface area contributed by atoms with Gasteiger partial charge in [0.15, 0.2) is 0 Å². The summed E-state index contributed by atoms with van der Waals surface area (Å²) < 4.78 is 5.07. The molecule has 1 saturated heterocycles. The van der Waals surface area contributed by atoms with Gasteiger partial charge in [-0.15, -0.1) is 0 Å². The van der Waals surface area contributed by atoms with Gasteiger partial charge in [0.05, 0.1) is 6.26 Å². The Morgan fingerprint density at radius 2 is 1.34 bits per heavy atom. The quantitative estimate of drug-likeness (QED) is 0.143. The van der Waals surface area contributed by atoms with Gasteiger partial charge in [0.1, 0.15) is 6.04 Å². The first-order chi connectivity index (χ1) is 14.2. The van der Waals surface area contributed by atoms with E-state index in [0.29, 0.717) is 12.8 Å². The zero-order valence-corrected chi connectivity index (χ0v) is 18.9. The Bertz CT molecular complexity index is 447. The topological polar surface area (TPSA) is 55.4 Å². The molecule has 4 nitrogen and oxygen atoms in total. The van der Waals surface area contributed by atoms with Crippen molar-refractivity contribution in [3.63, 3.8) is 0 Å². The summed E-state index contributed by atoms with van der Waals surface area (Å²) in [5, 5.41) is 2.62. The summed E-state index contributed by atoms with van der Waals surface area (Å²) in [6, 6.07) is -0.456. The molecule has 0 saturated carbocycles. The summed E-state index contributed by atoms with van der Waals surface area (Å²) in [4.78, 5) is 22.8. The van der Waals surface area contributed by atoms with Gasteiger partial charge in [0.25, 0.3) is 0 Å². The Hall–Kier alpha value is -1.32. The normalized spacial score (nSPS) is 16.4. The molecule has 0 aromatic heterocycles. The first-order valence-electron chi connectivity index (χ1n) is 12.4. The summed E-state index contributed by atoms with van der Waals surface area (Å²) in [7, 11) is 0. The van der Waals surface area contributed by atoms with Crippen molar-refractivity contribution in [2.24, 2.45) is 0 Å². The van der Waals surface area contributed by atoms with Gasteiger partial charge in [-0.1, -0.05) is 103 Å². The first kappa shape index (κ1) is 25.7. The van der Waals surface area contributed by atoms with Gasteiger partial charge in [-0.3, -0.25) is 4.79 Å². The van der Waals surface area contributed by atoms with Gasteiger partial charge < -0.3 is 10.1 Å². The van der Waals surface area contributed by atoms with Crippen LogP contribution in [0.1, 0.15) is 129 Å². The number of carbonyl (C=O) groups is 2. The number of hydrogen-bond donors (Lipinski definition) is 1. The van der Waals surface area contributed by atoms with E-state index in [0.717, 1.165) is 12.8 Å². The van der Waals surface area contributed by atoms with E-state index in [1.54, 1.807) is 0 Å². The lowest BCUT2D eigenvalue weighted by atomic mass is 10.0. The zero-order valence-electron chi connectivity index (χ0n) is 18.9. The van der Waals surface area contributed by atoms with Crippen LogP contribution >= 0.6 is 0 Å². The average Bonchev–Trinajstić information content (AvgIpc) is 3.16. The fourth-order valence-corrected chi connectivity index (χ4v) is 3.87. The van der Waals surface area contributed by atoms with Crippen molar-refractivity contribution in [2.75, 3.05) is 0 Å². The highest BCUT2D eigenvalue weighted by Gasteiger charge is 2.27. The van der Waals surface area contributed by atoms with E-state index in [-0.39, 0.29) is 11.9 Å². The summed E-state index contributed by atoms with van der Waals surface area (Å²) in [5.41, 5.74) is 0. The SMILES string of the molecule is CCCCCCCCCCCCCCCCCC/C=C/OC(=O)[C@@H]1CCC(=O)N1. The largest absolute Gasteiger partial charge is 0.433 e. The van der Waals surface area contributed by atoms with Crippen LogP contribution in [-0.4, -0.2) is 17.9 Å². The lowest BCUT2D eigenvalue weighted by molar-refractivity contribution is -0.141. The Kier molecular flexibility index (Phi) is 16.6. The third-order valence-electron chi connectivity index (χ3n) is 5.78. The minimum atomic E-state index is -0.456. The van der Waals surface area contributed by atoms with Gasteiger partial charge in [-0.05, 0) is 25.3 Å². The molecule has 0 unspecified atom stereocenters. The van der Waals surface area contributed by atoms with Crippen molar-refractivity contribution in [2.45, 2.75) is 135 Å². The van der Waals surface area contributed by atoms with Gasteiger partial charge >= 0.3 is 5.97 Å². The second-order valence-electron chi connectivity index (χ2n) is 8.56. The smallest absolute Gasteiger partial charge is 0.333 e. The molecule has 1 fully saturated rings. The monoisotopic (exact) mass is 407 g/mol. The van der Waals surface area contributed by atoms with Gasteiger partial charge in [0.2, 0.25) is 5.91 Å². The fourth-order valence-electron chi connectivity index (χ4n) is 3.87. The molecule has 0 radical (unpaired) electrons. The predicted octanol–water partition coefficient (Wildman–Crippen LogP) is 6.97. The van der Waals surface area contributed by atoms with Crippen molar-refractivity contribution < 1.29 is 14.3 Å². The highest BCUT2D eigenvalue weighted by Crippen LogP contribution is 2.14. The van der Waals surface area contributed by atoms with Crippen LogP contribution in [0.2, 0.25) is 0 Å². The Morgan fingerprint density at radius 1 is 0.862 bits per heavy atom. The van der Waals surface area contributed by atoms with Gasteiger partial charge in [0, 0.05) is 6.42 Å². The van der Waals surface area contributed by atoms with Crippen LogP contribution in [0, 0.1) is 0 Å². The number of allylic oxidation sites excluding steroid dienone is 1. The number of hydrogen-bond acceptors (Lipinski definition) is 3. The van der Waals surface area contributed by atoms with Crippen LogP contribution in [0.3, 0.4) is 0 Å². The fraction of sp³-hybridized carbons (Fsp3) is 0.840. The maximum Gasteiger partial charge on any atom is 0.333 e. The first-order valence-corrected chi connectivity index (χ1v) is 12.4. The Labute approximate surface area is 179 Å². The van der Waals surface area contributed by atoms with Crippen LogP contribution in [-0.2, 0) is 14.3 Å². The van der Waals surface area contributed by atoms with E-state index in [2.05, 4.69) is 12.2 Å². The highest BCUT2D eigenvalue weighted by atomic mass is 16.5. The molecule has 1 aliphatic rings. The van der Waals surface area contributed by atoms with Crippen molar-refractivity contribution in [3.8, 4) is 0 Å². The van der Waals surface area contributed by atoms with E-state index in [1.807, 2.05) is 6.08 Å². The molecular formula is C25H45NO3. The number of esters is 1. The molecule has 4 heteroatoms. The standard InChI is InChI=1S/C25H45NO3/c1-2-3-4-5-6-7-8-9-10-11-12-13-14-15-16-17-18-19-22-29-25(28)23-20-21-24(27)26-23/h19,22-23H,2-18,20-21H2,1H3,(H,26,27)/b22-19+/t23-/m0/s1. The summed E-state index contributed by atoms with van der Waals surface area (Å²) >= 11 is 0. The van der Waals surface area contributed by atoms with Crippen LogP contribution in [0.25, 0.3) is 0 Å². The minimum Gasteiger partial charge on any atom is -0.433 e. The van der Waals surface area contributed by atoms with Crippen molar-refractivity contribution in [1.82, 2.24) is 5.32 Å². The molecule has 29 heavy (non-hydrogen) atoms. The molecule has 1 N–H and O–H groups in total. The Balaban J connectivity index is 1.75. The maximum absolute atomic E-state index is 11.7. The molecule has 1 rings (SSSR count). The third-order valence-corrected chi connectivity index (χ3v) is 5.78. The van der Waals surface area contributed by atoms with Crippen LogP contribution in [0.5, 0.6) is 0 Å². The third kappa shape index (κ3) is 15.2. The van der Waals surface area contributed by atoms with E-state index in [1.165, 1.54) is 103 Å². The van der Waals surface area contributed by atoms with Crippen molar-refractivity contribution >= 4 is 11.9 Å². The summed E-state index contributed by atoms with van der Waals surface area (Å²) in [5.74, 6) is -0.414. The minimum absolute atomic E-state index is 0.0657. The molecule has 0 aromatic rings. The predicted molar refractivity (Wildman–Crippen MR) is 121 cm³/mol. The molecule has 0 spiro atoms. The van der Waals surface area contributed by atoms with E-state index < -0.39 is 6.04 Å². The van der Waals surface area contributed by atoms with E-state index >= 15 is 0 Å². The summed E-state index contributed by atoms with van der Waals surface area (Å²) in [6.07, 6.45) is 27.3. The molecular weight excluding hydrogens is 362 g/mol. The second kappa shape index (κ2) is 18.7. The number of unbranched alkanes of at least 4 members (excludes halogenated alkanes) is 16.